The molecule has 0 bridgehead atoms. The fourth-order valence-corrected chi connectivity index (χ4v) is 1.36. The number of esters is 2. The van der Waals surface area contributed by atoms with E-state index in [-0.39, 0.29) is 17.5 Å². The minimum atomic E-state index is -0.323. The summed E-state index contributed by atoms with van der Waals surface area (Å²) in [5, 5.41) is 3.21. The van der Waals surface area contributed by atoms with Crippen LogP contribution in [0.5, 0.6) is 0 Å². The fourth-order valence-electron chi connectivity index (χ4n) is 1.36. The molecule has 0 aromatic carbocycles. The smallest absolute Gasteiger partial charge is 0.333 e. The number of ether oxygens (including phenoxy) is 2. The lowest BCUT2D eigenvalue weighted by Crippen LogP contribution is -2.38. The number of nitrogens with one attached hydrogen (secondary N) is 1. The zero-order chi connectivity index (χ0) is 20.0. The molecule has 0 atom stereocenters. The Kier molecular flexibility index (Phi) is 13.9. The first-order valence-electron chi connectivity index (χ1n) is 8.42. The predicted molar refractivity (Wildman–Crippen MR) is 102 cm³/mol. The standard InChI is InChI=1S/C10H19NO2.C9H17NO2/c1-8(2)9(12)13-7-6-11-10(3,4)5;1-8(2)9(11)12-7-5-6-10(3)4/h11H,1,6-7H2,2-5H3;1,5-7H2,2-4H3. The van der Waals surface area contributed by atoms with Crippen LogP contribution in [0.4, 0.5) is 0 Å². The van der Waals surface area contributed by atoms with Crippen molar-refractivity contribution in [3.8, 4) is 0 Å². The Balaban J connectivity index is 0. The summed E-state index contributed by atoms with van der Waals surface area (Å²) in [5.74, 6) is -0.621. The van der Waals surface area contributed by atoms with Crippen molar-refractivity contribution in [3.05, 3.63) is 24.3 Å². The van der Waals surface area contributed by atoms with E-state index in [0.717, 1.165) is 13.0 Å². The summed E-state index contributed by atoms with van der Waals surface area (Å²) in [6.07, 6.45) is 0.867. The van der Waals surface area contributed by atoms with Crippen LogP contribution >= 0.6 is 0 Å². The number of rotatable bonds is 9. The van der Waals surface area contributed by atoms with E-state index in [4.69, 9.17) is 9.47 Å². The van der Waals surface area contributed by atoms with Crippen LogP contribution in [0, 0.1) is 0 Å². The van der Waals surface area contributed by atoms with Gasteiger partial charge in [0.05, 0.1) is 6.61 Å². The van der Waals surface area contributed by atoms with Crippen molar-refractivity contribution in [1.29, 1.82) is 0 Å². The Morgan fingerprint density at radius 3 is 1.76 bits per heavy atom. The van der Waals surface area contributed by atoms with Gasteiger partial charge in [0.1, 0.15) is 6.61 Å². The summed E-state index contributed by atoms with van der Waals surface area (Å²) in [6, 6.07) is 0. The normalized spacial score (nSPS) is 10.6. The highest BCUT2D eigenvalue weighted by Gasteiger charge is 2.08. The van der Waals surface area contributed by atoms with Crippen LogP contribution in [0.25, 0.3) is 0 Å². The molecular formula is C19H36N2O4. The summed E-state index contributed by atoms with van der Waals surface area (Å²) in [4.78, 5) is 23.8. The average Bonchev–Trinajstić information content (AvgIpc) is 2.46. The highest BCUT2D eigenvalue weighted by atomic mass is 16.5. The van der Waals surface area contributed by atoms with Crippen LogP contribution < -0.4 is 5.32 Å². The number of carbonyl (C=O) groups is 2. The molecule has 0 amide bonds. The molecule has 6 nitrogen and oxygen atoms in total. The minimum absolute atomic E-state index is 0.0651. The largest absolute Gasteiger partial charge is 0.462 e. The first-order chi connectivity index (χ1) is 11.4. The monoisotopic (exact) mass is 356 g/mol. The van der Waals surface area contributed by atoms with Crippen molar-refractivity contribution in [2.45, 2.75) is 46.6 Å². The van der Waals surface area contributed by atoms with Gasteiger partial charge in [-0.05, 0) is 55.1 Å². The summed E-state index contributed by atoms with van der Waals surface area (Å²) in [7, 11) is 3.97. The van der Waals surface area contributed by atoms with E-state index in [2.05, 4.69) is 44.1 Å². The maximum atomic E-state index is 10.9. The molecular weight excluding hydrogens is 320 g/mol. The average molecular weight is 357 g/mol. The Labute approximate surface area is 153 Å². The van der Waals surface area contributed by atoms with Crippen molar-refractivity contribution >= 4 is 11.9 Å². The summed E-state index contributed by atoms with van der Waals surface area (Å²) in [5.41, 5.74) is 0.964. The first-order valence-corrected chi connectivity index (χ1v) is 8.42. The van der Waals surface area contributed by atoms with E-state index in [9.17, 15) is 9.59 Å². The maximum Gasteiger partial charge on any atom is 0.333 e. The topological polar surface area (TPSA) is 67.9 Å². The van der Waals surface area contributed by atoms with Crippen molar-refractivity contribution in [3.63, 3.8) is 0 Å². The van der Waals surface area contributed by atoms with E-state index >= 15 is 0 Å². The molecule has 0 saturated heterocycles. The van der Waals surface area contributed by atoms with Gasteiger partial charge in [-0.2, -0.15) is 0 Å². The third-order valence-electron chi connectivity index (χ3n) is 2.67. The molecule has 0 spiro atoms. The molecule has 0 aliphatic heterocycles. The van der Waals surface area contributed by atoms with Gasteiger partial charge in [0, 0.05) is 29.8 Å². The van der Waals surface area contributed by atoms with Gasteiger partial charge in [-0.1, -0.05) is 13.2 Å². The molecule has 6 heteroatoms. The molecule has 0 aliphatic carbocycles. The lowest BCUT2D eigenvalue weighted by atomic mass is 10.1. The Morgan fingerprint density at radius 2 is 1.40 bits per heavy atom. The maximum absolute atomic E-state index is 10.9. The van der Waals surface area contributed by atoms with E-state index in [0.29, 0.717) is 30.9 Å². The van der Waals surface area contributed by atoms with Crippen LogP contribution in [0.2, 0.25) is 0 Å². The van der Waals surface area contributed by atoms with Gasteiger partial charge < -0.3 is 19.7 Å². The second kappa shape index (κ2) is 13.6. The molecule has 0 aromatic rings. The van der Waals surface area contributed by atoms with Crippen LogP contribution in [-0.2, 0) is 19.1 Å². The number of hydrogen-bond acceptors (Lipinski definition) is 6. The number of hydrogen-bond donors (Lipinski definition) is 1. The van der Waals surface area contributed by atoms with Gasteiger partial charge >= 0.3 is 11.9 Å². The Morgan fingerprint density at radius 1 is 0.960 bits per heavy atom. The highest BCUT2D eigenvalue weighted by molar-refractivity contribution is 5.87. The van der Waals surface area contributed by atoms with E-state index < -0.39 is 0 Å². The summed E-state index contributed by atoms with van der Waals surface area (Å²) >= 11 is 0. The van der Waals surface area contributed by atoms with Crippen molar-refractivity contribution < 1.29 is 19.1 Å². The third-order valence-corrected chi connectivity index (χ3v) is 2.67. The molecule has 0 fully saturated rings. The van der Waals surface area contributed by atoms with Crippen molar-refractivity contribution in [2.75, 3.05) is 40.4 Å². The summed E-state index contributed by atoms with van der Waals surface area (Å²) in [6.45, 7) is 18.9. The molecule has 0 aromatic heterocycles. The van der Waals surface area contributed by atoms with Gasteiger partial charge in [0.2, 0.25) is 0 Å². The van der Waals surface area contributed by atoms with Gasteiger partial charge in [0.15, 0.2) is 0 Å². The molecule has 0 aliphatic rings. The lowest BCUT2D eigenvalue weighted by Gasteiger charge is -2.20. The zero-order valence-corrected chi connectivity index (χ0v) is 17.0. The van der Waals surface area contributed by atoms with Crippen LogP contribution in [0.3, 0.4) is 0 Å². The van der Waals surface area contributed by atoms with Crippen LogP contribution in [0.1, 0.15) is 41.0 Å². The number of nitrogens with zero attached hydrogens (tertiary/aromatic N) is 1. The quantitative estimate of drug-likeness (QED) is 0.389. The fraction of sp³-hybridized carbons (Fsp3) is 0.684. The number of carbonyl (C=O) groups excluding carboxylic acids is 2. The van der Waals surface area contributed by atoms with Gasteiger partial charge in [-0.3, -0.25) is 0 Å². The van der Waals surface area contributed by atoms with E-state index in [1.807, 2.05) is 14.1 Å². The second-order valence-electron chi connectivity index (χ2n) is 7.17. The third kappa shape index (κ3) is 20.3. The van der Waals surface area contributed by atoms with Gasteiger partial charge in [-0.25, -0.2) is 9.59 Å². The van der Waals surface area contributed by atoms with Crippen molar-refractivity contribution in [2.24, 2.45) is 0 Å². The Bertz CT molecular complexity index is 437. The second-order valence-corrected chi connectivity index (χ2v) is 7.17. The molecule has 0 saturated carbocycles. The van der Waals surface area contributed by atoms with Gasteiger partial charge in [0.25, 0.3) is 0 Å². The molecule has 25 heavy (non-hydrogen) atoms. The molecule has 0 rings (SSSR count). The van der Waals surface area contributed by atoms with Gasteiger partial charge in [-0.15, -0.1) is 0 Å². The van der Waals surface area contributed by atoms with Crippen molar-refractivity contribution in [1.82, 2.24) is 10.2 Å². The zero-order valence-electron chi connectivity index (χ0n) is 17.0. The first kappa shape index (κ1) is 25.6. The molecule has 1 N–H and O–H groups in total. The molecule has 0 heterocycles. The Hall–Kier alpha value is -1.66. The van der Waals surface area contributed by atoms with E-state index in [1.165, 1.54) is 0 Å². The van der Waals surface area contributed by atoms with Crippen LogP contribution in [0.15, 0.2) is 24.3 Å². The molecule has 0 radical (unpaired) electrons. The minimum Gasteiger partial charge on any atom is -0.462 e. The van der Waals surface area contributed by atoms with E-state index in [1.54, 1.807) is 13.8 Å². The predicted octanol–water partition coefficient (Wildman–Crippen LogP) is 2.55. The SMILES string of the molecule is C=C(C)C(=O)OCCCN(C)C.C=C(C)C(=O)OCCNC(C)(C)C. The lowest BCUT2D eigenvalue weighted by molar-refractivity contribution is -0.139. The highest BCUT2D eigenvalue weighted by Crippen LogP contribution is 1.97. The molecule has 146 valence electrons. The van der Waals surface area contributed by atoms with Crippen LogP contribution in [-0.4, -0.2) is 62.8 Å². The molecule has 0 unspecified atom stereocenters. The summed E-state index contributed by atoms with van der Waals surface area (Å²) < 4.78 is 9.79.